The highest BCUT2D eigenvalue weighted by atomic mass is 16.1. The van der Waals surface area contributed by atoms with Crippen LogP contribution >= 0.6 is 0 Å². The molecule has 0 spiro atoms. The van der Waals surface area contributed by atoms with Gasteiger partial charge in [-0.1, -0.05) is 12.8 Å². The largest absolute Gasteiger partial charge is 0.301 e. The van der Waals surface area contributed by atoms with Crippen LogP contribution in [0, 0.1) is 11.8 Å². The van der Waals surface area contributed by atoms with E-state index < -0.39 is 0 Å². The molecule has 1 heterocycles. The van der Waals surface area contributed by atoms with Crippen LogP contribution in [0.2, 0.25) is 0 Å². The molecule has 66 valence electrons. The molecule has 1 fully saturated rings. The van der Waals surface area contributed by atoms with Crippen molar-refractivity contribution in [3.05, 3.63) is 0 Å². The van der Waals surface area contributed by atoms with Gasteiger partial charge in [0.15, 0.2) is 0 Å². The Labute approximate surface area is 73.9 Å². The first-order valence-corrected chi connectivity index (χ1v) is 4.56. The molecule has 2 nitrogen and oxygen atoms in total. The molecule has 2 heteroatoms. The molecule has 0 aliphatic carbocycles. The Kier molecular flexibility index (Phi) is 3.83. The van der Waals surface area contributed by atoms with Gasteiger partial charge in [0.2, 0.25) is 0 Å². The Morgan fingerprint density at radius 1 is 1.50 bits per heavy atom. The van der Waals surface area contributed by atoms with Gasteiger partial charge in [-0.2, -0.15) is 0 Å². The lowest BCUT2D eigenvalue weighted by molar-refractivity contribution is -0.110. The third-order valence-corrected chi connectivity index (χ3v) is 2.09. The normalized spacial score (nSPS) is 19.8. The van der Waals surface area contributed by atoms with Crippen LogP contribution < -0.4 is 0 Å². The van der Waals surface area contributed by atoms with E-state index in [2.05, 4.69) is 16.7 Å². The van der Waals surface area contributed by atoms with E-state index in [9.17, 15) is 4.79 Å². The topological polar surface area (TPSA) is 20.3 Å². The predicted octanol–water partition coefficient (Wildman–Crippen LogP) is 1.06. The molecular weight excluding hydrogens is 150 g/mol. The Balaban J connectivity index is 2.48. The molecule has 1 unspecified atom stereocenters. The molecule has 1 aliphatic rings. The van der Waals surface area contributed by atoms with Crippen LogP contribution in [0.1, 0.15) is 26.2 Å². The van der Waals surface area contributed by atoms with Crippen molar-refractivity contribution in [2.24, 2.45) is 0 Å². The van der Waals surface area contributed by atoms with Crippen LogP contribution in [0.5, 0.6) is 0 Å². The molecule has 0 aromatic carbocycles. The first kappa shape index (κ1) is 9.28. The van der Waals surface area contributed by atoms with Crippen molar-refractivity contribution < 1.29 is 4.79 Å². The average molecular weight is 165 g/mol. The summed E-state index contributed by atoms with van der Waals surface area (Å²) in [6.07, 6.45) is 4.20. The van der Waals surface area contributed by atoms with E-state index in [0.29, 0.717) is 0 Å². The number of hydrogen-bond donors (Lipinski definition) is 0. The molecule has 0 bridgehead atoms. The summed E-state index contributed by atoms with van der Waals surface area (Å²) in [7, 11) is 0. The Morgan fingerprint density at radius 2 is 2.17 bits per heavy atom. The zero-order valence-corrected chi connectivity index (χ0v) is 7.55. The highest BCUT2D eigenvalue weighted by Crippen LogP contribution is 2.09. The summed E-state index contributed by atoms with van der Waals surface area (Å²) < 4.78 is 0. The average Bonchev–Trinajstić information content (AvgIpc) is 2.59. The summed E-state index contributed by atoms with van der Waals surface area (Å²) in [5.41, 5.74) is 0. The molecule has 0 aromatic rings. The molecule has 1 rings (SSSR count). The van der Waals surface area contributed by atoms with Crippen molar-refractivity contribution >= 4 is 6.29 Å². The maximum atomic E-state index is 10.7. The number of carbonyl (C=O) groups is 1. The molecule has 1 atom stereocenters. The SMILES string of the molecule is CCC#CC(C=O)N1CCCC1. The predicted molar refractivity (Wildman–Crippen MR) is 48.7 cm³/mol. The Hall–Kier alpha value is -0.810. The summed E-state index contributed by atoms with van der Waals surface area (Å²) in [4.78, 5) is 12.8. The molecule has 0 aromatic heterocycles. The van der Waals surface area contributed by atoms with Gasteiger partial charge >= 0.3 is 0 Å². The van der Waals surface area contributed by atoms with E-state index in [1.807, 2.05) is 6.92 Å². The second-order valence-corrected chi connectivity index (χ2v) is 3.00. The molecular formula is C10H15NO. The monoisotopic (exact) mass is 165 g/mol. The molecule has 1 aliphatic heterocycles. The number of carbonyl (C=O) groups excluding carboxylic acids is 1. The highest BCUT2D eigenvalue weighted by Gasteiger charge is 2.18. The van der Waals surface area contributed by atoms with Crippen molar-refractivity contribution in [1.82, 2.24) is 4.90 Å². The molecule has 0 saturated carbocycles. The van der Waals surface area contributed by atoms with Crippen LogP contribution in [0.4, 0.5) is 0 Å². The lowest BCUT2D eigenvalue weighted by Gasteiger charge is -2.16. The van der Waals surface area contributed by atoms with Gasteiger partial charge in [0.1, 0.15) is 12.3 Å². The summed E-state index contributed by atoms with van der Waals surface area (Å²) in [6, 6.07) is -0.146. The quantitative estimate of drug-likeness (QED) is 0.450. The smallest absolute Gasteiger partial charge is 0.149 e. The zero-order chi connectivity index (χ0) is 8.81. The highest BCUT2D eigenvalue weighted by molar-refractivity contribution is 5.63. The van der Waals surface area contributed by atoms with Gasteiger partial charge in [0.25, 0.3) is 0 Å². The Morgan fingerprint density at radius 3 is 2.67 bits per heavy atom. The number of likely N-dealkylation sites (tertiary alicyclic amines) is 1. The fraction of sp³-hybridized carbons (Fsp3) is 0.700. The lowest BCUT2D eigenvalue weighted by atomic mass is 10.3. The molecule has 0 amide bonds. The van der Waals surface area contributed by atoms with Crippen LogP contribution in [-0.4, -0.2) is 30.3 Å². The summed E-state index contributed by atoms with van der Waals surface area (Å²) in [5, 5.41) is 0. The van der Waals surface area contributed by atoms with E-state index in [0.717, 1.165) is 25.8 Å². The van der Waals surface area contributed by atoms with Gasteiger partial charge in [0.05, 0.1) is 0 Å². The van der Waals surface area contributed by atoms with Crippen LogP contribution in [0.25, 0.3) is 0 Å². The van der Waals surface area contributed by atoms with Crippen molar-refractivity contribution in [2.45, 2.75) is 32.2 Å². The summed E-state index contributed by atoms with van der Waals surface area (Å²) >= 11 is 0. The maximum absolute atomic E-state index is 10.7. The molecule has 0 radical (unpaired) electrons. The second kappa shape index (κ2) is 4.95. The van der Waals surface area contributed by atoms with Gasteiger partial charge in [-0.3, -0.25) is 4.90 Å². The third-order valence-electron chi connectivity index (χ3n) is 2.09. The molecule has 12 heavy (non-hydrogen) atoms. The third kappa shape index (κ3) is 2.35. The first-order valence-electron chi connectivity index (χ1n) is 4.56. The van der Waals surface area contributed by atoms with E-state index in [4.69, 9.17) is 0 Å². The number of nitrogens with zero attached hydrogens (tertiary/aromatic N) is 1. The zero-order valence-electron chi connectivity index (χ0n) is 7.55. The molecule has 1 saturated heterocycles. The van der Waals surface area contributed by atoms with Crippen LogP contribution in [0.15, 0.2) is 0 Å². The van der Waals surface area contributed by atoms with Crippen molar-refractivity contribution in [2.75, 3.05) is 13.1 Å². The van der Waals surface area contributed by atoms with Crippen LogP contribution in [0.3, 0.4) is 0 Å². The second-order valence-electron chi connectivity index (χ2n) is 3.00. The van der Waals surface area contributed by atoms with Gasteiger partial charge in [-0.25, -0.2) is 0 Å². The number of rotatable bonds is 2. The van der Waals surface area contributed by atoms with E-state index in [1.54, 1.807) is 0 Å². The summed E-state index contributed by atoms with van der Waals surface area (Å²) in [5.74, 6) is 5.92. The standard InChI is InChI=1S/C10H15NO/c1-2-3-6-10(9-12)11-7-4-5-8-11/h9-10H,2,4-5,7-8H2,1H3. The minimum Gasteiger partial charge on any atom is -0.301 e. The minimum absolute atomic E-state index is 0.146. The van der Waals surface area contributed by atoms with Gasteiger partial charge in [-0.05, 0) is 25.9 Å². The number of aldehydes is 1. The number of hydrogen-bond acceptors (Lipinski definition) is 2. The van der Waals surface area contributed by atoms with Crippen molar-refractivity contribution in [3.8, 4) is 11.8 Å². The fourth-order valence-corrected chi connectivity index (χ4v) is 1.44. The van der Waals surface area contributed by atoms with Gasteiger partial charge in [-0.15, -0.1) is 5.92 Å². The maximum Gasteiger partial charge on any atom is 0.149 e. The van der Waals surface area contributed by atoms with Gasteiger partial charge < -0.3 is 4.79 Å². The summed E-state index contributed by atoms with van der Waals surface area (Å²) in [6.45, 7) is 4.06. The fourth-order valence-electron chi connectivity index (χ4n) is 1.44. The van der Waals surface area contributed by atoms with E-state index in [1.165, 1.54) is 12.8 Å². The lowest BCUT2D eigenvalue weighted by Crippen LogP contribution is -2.32. The van der Waals surface area contributed by atoms with E-state index >= 15 is 0 Å². The Bertz CT molecular complexity index is 196. The van der Waals surface area contributed by atoms with Crippen molar-refractivity contribution in [1.29, 1.82) is 0 Å². The minimum atomic E-state index is -0.146. The van der Waals surface area contributed by atoms with Crippen LogP contribution in [-0.2, 0) is 4.79 Å². The molecule has 0 N–H and O–H groups in total. The van der Waals surface area contributed by atoms with E-state index in [-0.39, 0.29) is 6.04 Å². The van der Waals surface area contributed by atoms with Gasteiger partial charge in [0, 0.05) is 6.42 Å². The van der Waals surface area contributed by atoms with Crippen molar-refractivity contribution in [3.63, 3.8) is 0 Å². The first-order chi connectivity index (χ1) is 5.88.